The molecular weight excluding hydrogens is 386 g/mol. The van der Waals surface area contributed by atoms with E-state index < -0.39 is 11.6 Å². The molecule has 3 aliphatic rings. The molecule has 1 aromatic heterocycles. The van der Waals surface area contributed by atoms with E-state index in [4.69, 9.17) is 4.74 Å². The number of hydrogen-bond donors (Lipinski definition) is 1. The SMILES string of the molecule is CCNc1cccnc1N1CCN(C(=O)C23C(=O)CC(=O)N2CCC3OCC)CC1. The highest BCUT2D eigenvalue weighted by molar-refractivity contribution is 6.23. The smallest absolute Gasteiger partial charge is 0.259 e. The van der Waals surface area contributed by atoms with Gasteiger partial charge in [-0.15, -0.1) is 0 Å². The summed E-state index contributed by atoms with van der Waals surface area (Å²) in [5, 5.41) is 3.32. The number of nitrogens with one attached hydrogen (secondary N) is 1. The predicted octanol–water partition coefficient (Wildman–Crippen LogP) is 0.511. The lowest BCUT2D eigenvalue weighted by atomic mass is 9.87. The molecule has 1 N–H and O–H groups in total. The normalized spacial score (nSPS) is 26.3. The topological polar surface area (TPSA) is 95.1 Å². The van der Waals surface area contributed by atoms with Gasteiger partial charge >= 0.3 is 0 Å². The monoisotopic (exact) mass is 415 g/mol. The number of nitrogens with zero attached hydrogens (tertiary/aromatic N) is 4. The lowest BCUT2D eigenvalue weighted by Crippen LogP contribution is -2.65. The molecular formula is C21H29N5O4. The van der Waals surface area contributed by atoms with E-state index >= 15 is 0 Å². The molecule has 4 heterocycles. The Morgan fingerprint density at radius 3 is 2.70 bits per heavy atom. The molecule has 9 nitrogen and oxygen atoms in total. The van der Waals surface area contributed by atoms with Crippen LogP contribution in [0.25, 0.3) is 0 Å². The zero-order valence-electron chi connectivity index (χ0n) is 17.6. The lowest BCUT2D eigenvalue weighted by Gasteiger charge is -2.42. The van der Waals surface area contributed by atoms with Gasteiger partial charge in [-0.3, -0.25) is 14.4 Å². The predicted molar refractivity (Wildman–Crippen MR) is 111 cm³/mol. The second kappa shape index (κ2) is 8.22. The number of amides is 2. The van der Waals surface area contributed by atoms with Crippen molar-refractivity contribution in [2.24, 2.45) is 0 Å². The third-order valence-corrected chi connectivity index (χ3v) is 6.26. The van der Waals surface area contributed by atoms with Crippen LogP contribution in [0.1, 0.15) is 26.7 Å². The summed E-state index contributed by atoms with van der Waals surface area (Å²) in [5.74, 6) is -0.0127. The Morgan fingerprint density at radius 1 is 1.23 bits per heavy atom. The Balaban J connectivity index is 1.53. The summed E-state index contributed by atoms with van der Waals surface area (Å²) in [6.07, 6.45) is 1.49. The van der Waals surface area contributed by atoms with E-state index in [0.29, 0.717) is 45.8 Å². The van der Waals surface area contributed by atoms with Gasteiger partial charge in [-0.05, 0) is 32.4 Å². The highest BCUT2D eigenvalue weighted by atomic mass is 16.5. The fourth-order valence-electron chi connectivity index (χ4n) is 4.94. The number of Topliss-reactive ketones (excluding diaryl/α,β-unsaturated/α-hetero) is 1. The molecule has 0 bridgehead atoms. The first-order valence-electron chi connectivity index (χ1n) is 10.7. The molecule has 2 atom stereocenters. The van der Waals surface area contributed by atoms with Gasteiger partial charge in [0.25, 0.3) is 5.91 Å². The van der Waals surface area contributed by atoms with Gasteiger partial charge in [-0.25, -0.2) is 4.98 Å². The van der Waals surface area contributed by atoms with Gasteiger partial charge in [0.2, 0.25) is 11.4 Å². The van der Waals surface area contributed by atoms with E-state index in [1.807, 2.05) is 26.0 Å². The number of carbonyl (C=O) groups excluding carboxylic acids is 3. The van der Waals surface area contributed by atoms with Crippen LogP contribution in [0.5, 0.6) is 0 Å². The molecule has 9 heteroatoms. The molecule has 3 saturated heterocycles. The van der Waals surface area contributed by atoms with E-state index in [1.165, 1.54) is 4.90 Å². The largest absolute Gasteiger partial charge is 0.382 e. The average Bonchev–Trinajstić information content (AvgIpc) is 3.25. The number of ether oxygens (including phenoxy) is 1. The summed E-state index contributed by atoms with van der Waals surface area (Å²) >= 11 is 0. The van der Waals surface area contributed by atoms with E-state index in [1.54, 1.807) is 11.1 Å². The van der Waals surface area contributed by atoms with Crippen LogP contribution in [-0.2, 0) is 19.1 Å². The van der Waals surface area contributed by atoms with Crippen molar-refractivity contribution in [2.75, 3.05) is 56.1 Å². The van der Waals surface area contributed by atoms with Crippen molar-refractivity contribution in [1.82, 2.24) is 14.8 Å². The zero-order valence-corrected chi connectivity index (χ0v) is 17.6. The minimum absolute atomic E-state index is 0.213. The number of aromatic nitrogens is 1. The molecule has 3 fully saturated rings. The van der Waals surface area contributed by atoms with Gasteiger partial charge in [0.1, 0.15) is 0 Å². The van der Waals surface area contributed by atoms with Crippen LogP contribution >= 0.6 is 0 Å². The number of carbonyl (C=O) groups is 3. The third kappa shape index (κ3) is 3.12. The van der Waals surface area contributed by atoms with Gasteiger partial charge < -0.3 is 24.8 Å². The Labute approximate surface area is 176 Å². The fourth-order valence-corrected chi connectivity index (χ4v) is 4.94. The van der Waals surface area contributed by atoms with Crippen LogP contribution in [0.4, 0.5) is 11.5 Å². The first-order chi connectivity index (χ1) is 14.5. The summed E-state index contributed by atoms with van der Waals surface area (Å²) in [6.45, 7) is 7.62. The van der Waals surface area contributed by atoms with Crippen molar-refractivity contribution in [3.8, 4) is 0 Å². The summed E-state index contributed by atoms with van der Waals surface area (Å²) in [5.41, 5.74) is -0.511. The van der Waals surface area contributed by atoms with Crippen LogP contribution in [-0.4, -0.2) is 89.9 Å². The Morgan fingerprint density at radius 2 is 2.00 bits per heavy atom. The minimum Gasteiger partial charge on any atom is -0.382 e. The molecule has 162 valence electrons. The van der Waals surface area contributed by atoms with Gasteiger partial charge in [-0.2, -0.15) is 0 Å². The molecule has 0 aromatic carbocycles. The molecule has 0 saturated carbocycles. The van der Waals surface area contributed by atoms with Crippen molar-refractivity contribution in [2.45, 2.75) is 38.3 Å². The summed E-state index contributed by atoms with van der Waals surface area (Å²) in [4.78, 5) is 48.8. The second-order valence-corrected chi connectivity index (χ2v) is 7.83. The Hall–Kier alpha value is -2.68. The van der Waals surface area contributed by atoms with Crippen molar-refractivity contribution in [1.29, 1.82) is 0 Å². The number of piperazine rings is 1. The minimum atomic E-state index is -1.48. The molecule has 0 aliphatic carbocycles. The molecule has 2 amide bonds. The Bertz CT molecular complexity index is 838. The maximum atomic E-state index is 13.6. The molecule has 2 unspecified atom stereocenters. The van der Waals surface area contributed by atoms with Crippen molar-refractivity contribution < 1.29 is 19.1 Å². The number of pyridine rings is 1. The van der Waals surface area contributed by atoms with Crippen molar-refractivity contribution >= 4 is 29.1 Å². The third-order valence-electron chi connectivity index (χ3n) is 6.26. The van der Waals surface area contributed by atoms with Crippen LogP contribution in [0, 0.1) is 0 Å². The van der Waals surface area contributed by atoms with E-state index in [2.05, 4.69) is 15.2 Å². The maximum absolute atomic E-state index is 13.6. The van der Waals surface area contributed by atoms with Crippen LogP contribution in [0.15, 0.2) is 18.3 Å². The maximum Gasteiger partial charge on any atom is 0.259 e. The quantitative estimate of drug-likeness (QED) is 0.677. The molecule has 3 aliphatic heterocycles. The van der Waals surface area contributed by atoms with Crippen LogP contribution < -0.4 is 10.2 Å². The van der Waals surface area contributed by atoms with Gasteiger partial charge in [0.15, 0.2) is 11.6 Å². The standard InChI is InChI=1S/C21H29N5O4/c1-3-22-15-6-5-8-23-19(15)24-10-12-25(13-11-24)20(29)21-16(27)14-18(28)26(21)9-7-17(21)30-4-2/h5-6,8,17,22H,3-4,7,9-14H2,1-2H3. The number of anilines is 2. The van der Waals surface area contributed by atoms with Gasteiger partial charge in [0, 0.05) is 52.1 Å². The molecule has 0 spiro atoms. The highest BCUT2D eigenvalue weighted by Crippen LogP contribution is 2.41. The number of ketones is 1. The first-order valence-corrected chi connectivity index (χ1v) is 10.7. The summed E-state index contributed by atoms with van der Waals surface area (Å²) in [6, 6.07) is 3.89. The second-order valence-electron chi connectivity index (χ2n) is 7.83. The van der Waals surface area contributed by atoms with Gasteiger partial charge in [-0.1, -0.05) is 0 Å². The van der Waals surface area contributed by atoms with E-state index in [9.17, 15) is 14.4 Å². The van der Waals surface area contributed by atoms with Crippen molar-refractivity contribution in [3.05, 3.63) is 18.3 Å². The molecule has 4 rings (SSSR count). The number of hydrogen-bond acceptors (Lipinski definition) is 7. The van der Waals surface area contributed by atoms with E-state index in [-0.39, 0.29) is 24.0 Å². The molecule has 1 aromatic rings. The highest BCUT2D eigenvalue weighted by Gasteiger charge is 2.67. The fraction of sp³-hybridized carbons (Fsp3) is 0.619. The first kappa shape index (κ1) is 20.6. The number of rotatable bonds is 6. The van der Waals surface area contributed by atoms with Crippen molar-refractivity contribution in [3.63, 3.8) is 0 Å². The van der Waals surface area contributed by atoms with Gasteiger partial charge in [0.05, 0.1) is 18.2 Å². The summed E-state index contributed by atoms with van der Waals surface area (Å²) < 4.78 is 5.79. The van der Waals surface area contributed by atoms with Crippen LogP contribution in [0.2, 0.25) is 0 Å². The average molecular weight is 415 g/mol. The molecule has 0 radical (unpaired) electrons. The molecule has 30 heavy (non-hydrogen) atoms. The Kier molecular flexibility index (Phi) is 5.64. The zero-order chi connectivity index (χ0) is 21.3. The van der Waals surface area contributed by atoms with Crippen LogP contribution in [0.3, 0.4) is 0 Å². The lowest BCUT2D eigenvalue weighted by molar-refractivity contribution is -0.157. The summed E-state index contributed by atoms with van der Waals surface area (Å²) in [7, 11) is 0. The van der Waals surface area contributed by atoms with E-state index in [0.717, 1.165) is 18.1 Å². The number of fused-ring (bicyclic) bond motifs is 1.